The molecule has 0 saturated heterocycles. The first-order valence-corrected chi connectivity index (χ1v) is 2.35. The normalized spacial score (nSPS) is 12.0. The first-order chi connectivity index (χ1) is 2.81. The SMILES string of the molecule is CC/C(S)=C/N. The van der Waals surface area contributed by atoms with E-state index in [0.717, 1.165) is 11.3 Å². The highest BCUT2D eigenvalue weighted by Crippen LogP contribution is 2.00. The van der Waals surface area contributed by atoms with Crippen LogP contribution in [0.5, 0.6) is 0 Å². The van der Waals surface area contributed by atoms with Crippen LogP contribution in [0.3, 0.4) is 0 Å². The van der Waals surface area contributed by atoms with Gasteiger partial charge < -0.3 is 5.73 Å². The fourth-order valence-corrected chi connectivity index (χ4v) is 0.118. The van der Waals surface area contributed by atoms with Gasteiger partial charge in [-0.1, -0.05) is 6.92 Å². The van der Waals surface area contributed by atoms with Crippen LogP contribution in [-0.4, -0.2) is 0 Å². The van der Waals surface area contributed by atoms with Gasteiger partial charge in [0.05, 0.1) is 0 Å². The van der Waals surface area contributed by atoms with Crippen molar-refractivity contribution in [3.05, 3.63) is 11.1 Å². The molecule has 0 aromatic heterocycles. The van der Waals surface area contributed by atoms with Crippen LogP contribution in [0.15, 0.2) is 11.1 Å². The molecule has 6 heavy (non-hydrogen) atoms. The molecule has 0 aliphatic heterocycles. The molecule has 0 heterocycles. The van der Waals surface area contributed by atoms with Crippen LogP contribution >= 0.6 is 12.6 Å². The summed E-state index contributed by atoms with van der Waals surface area (Å²) in [6, 6.07) is 0. The molecule has 1 nitrogen and oxygen atoms in total. The molecule has 0 amide bonds. The van der Waals surface area contributed by atoms with Gasteiger partial charge in [-0.25, -0.2) is 0 Å². The molecule has 0 saturated carbocycles. The number of thiol groups is 1. The summed E-state index contributed by atoms with van der Waals surface area (Å²) < 4.78 is 0. The lowest BCUT2D eigenvalue weighted by Crippen LogP contribution is -1.78. The fourth-order valence-electron chi connectivity index (χ4n) is 0.118. The van der Waals surface area contributed by atoms with Crippen LogP contribution in [0.25, 0.3) is 0 Å². The van der Waals surface area contributed by atoms with E-state index in [1.807, 2.05) is 6.92 Å². The van der Waals surface area contributed by atoms with Crippen LogP contribution in [-0.2, 0) is 0 Å². The maximum absolute atomic E-state index is 5.04. The van der Waals surface area contributed by atoms with Crippen LogP contribution in [0.4, 0.5) is 0 Å². The number of rotatable bonds is 1. The second-order valence-corrected chi connectivity index (χ2v) is 1.59. The van der Waals surface area contributed by atoms with Gasteiger partial charge >= 0.3 is 0 Å². The van der Waals surface area contributed by atoms with E-state index >= 15 is 0 Å². The zero-order valence-corrected chi connectivity index (χ0v) is 4.70. The molecule has 0 fully saturated rings. The van der Waals surface area contributed by atoms with Gasteiger partial charge in [-0.3, -0.25) is 0 Å². The van der Waals surface area contributed by atoms with Crippen molar-refractivity contribution in [1.29, 1.82) is 0 Å². The molecule has 0 atom stereocenters. The third kappa shape index (κ3) is 2.15. The molecular formula is C4H9NS. The van der Waals surface area contributed by atoms with Gasteiger partial charge in [0.25, 0.3) is 0 Å². The molecule has 2 N–H and O–H groups in total. The molecule has 0 aliphatic rings. The van der Waals surface area contributed by atoms with E-state index in [-0.39, 0.29) is 0 Å². The Kier molecular flexibility index (Phi) is 3.04. The van der Waals surface area contributed by atoms with Crippen molar-refractivity contribution in [3.8, 4) is 0 Å². The van der Waals surface area contributed by atoms with E-state index in [2.05, 4.69) is 12.6 Å². The number of hydrogen-bond acceptors (Lipinski definition) is 2. The first kappa shape index (κ1) is 5.89. The van der Waals surface area contributed by atoms with Gasteiger partial charge in [-0.2, -0.15) is 0 Å². The van der Waals surface area contributed by atoms with Crippen LogP contribution in [0, 0.1) is 0 Å². The van der Waals surface area contributed by atoms with Crippen molar-refractivity contribution in [1.82, 2.24) is 0 Å². The van der Waals surface area contributed by atoms with E-state index in [9.17, 15) is 0 Å². The van der Waals surface area contributed by atoms with E-state index < -0.39 is 0 Å². The minimum atomic E-state index is 0.930. The van der Waals surface area contributed by atoms with E-state index in [4.69, 9.17) is 5.73 Å². The largest absolute Gasteiger partial charge is 0.404 e. The minimum Gasteiger partial charge on any atom is -0.404 e. The summed E-state index contributed by atoms with van der Waals surface area (Å²) in [7, 11) is 0. The quantitative estimate of drug-likeness (QED) is 0.478. The Bertz CT molecular complexity index is 58.6. The topological polar surface area (TPSA) is 26.0 Å². The monoisotopic (exact) mass is 103 g/mol. The third-order valence-corrected chi connectivity index (χ3v) is 1.02. The van der Waals surface area contributed by atoms with Crippen LogP contribution in [0.1, 0.15) is 13.3 Å². The van der Waals surface area contributed by atoms with Crippen LogP contribution in [0.2, 0.25) is 0 Å². The lowest BCUT2D eigenvalue weighted by atomic mass is 10.5. The maximum atomic E-state index is 5.04. The summed E-state index contributed by atoms with van der Waals surface area (Å²) >= 11 is 3.97. The smallest absolute Gasteiger partial charge is 0.00318 e. The highest BCUT2D eigenvalue weighted by atomic mass is 32.1. The molecule has 0 aromatic carbocycles. The van der Waals surface area contributed by atoms with Crippen LogP contribution < -0.4 is 5.73 Å². The number of nitrogens with two attached hydrogens (primary N) is 1. The van der Waals surface area contributed by atoms with Crippen molar-refractivity contribution >= 4 is 12.6 Å². The minimum absolute atomic E-state index is 0.930. The molecule has 0 aromatic rings. The molecule has 2 heteroatoms. The zero-order chi connectivity index (χ0) is 4.99. The first-order valence-electron chi connectivity index (χ1n) is 1.91. The maximum Gasteiger partial charge on any atom is 0.00318 e. The Hall–Kier alpha value is -0.110. The van der Waals surface area contributed by atoms with Crippen molar-refractivity contribution in [2.75, 3.05) is 0 Å². The van der Waals surface area contributed by atoms with Crippen molar-refractivity contribution in [3.63, 3.8) is 0 Å². The highest BCUT2D eigenvalue weighted by Gasteiger charge is 1.75. The van der Waals surface area contributed by atoms with Gasteiger partial charge in [0.1, 0.15) is 0 Å². The average Bonchev–Trinajstić information content (AvgIpc) is 1.65. The summed E-state index contributed by atoms with van der Waals surface area (Å²) in [5.74, 6) is 0. The number of allylic oxidation sites excluding steroid dienone is 1. The Balaban J connectivity index is 3.22. The highest BCUT2D eigenvalue weighted by molar-refractivity contribution is 7.84. The van der Waals surface area contributed by atoms with Gasteiger partial charge in [0, 0.05) is 6.20 Å². The molecule has 0 aliphatic carbocycles. The molecule has 0 unspecified atom stereocenters. The molecule has 0 rings (SSSR count). The fraction of sp³-hybridized carbons (Fsp3) is 0.500. The van der Waals surface area contributed by atoms with Crippen molar-refractivity contribution < 1.29 is 0 Å². The third-order valence-electron chi connectivity index (χ3n) is 0.555. The standard InChI is InChI=1S/C4H9NS/c1-2-4(6)3-5/h3,6H,2,5H2,1H3/b4-3-. The lowest BCUT2D eigenvalue weighted by Gasteiger charge is -1.83. The predicted octanol–water partition coefficient (Wildman–Crippen LogP) is 1.13. The summed E-state index contributed by atoms with van der Waals surface area (Å²) in [5.41, 5.74) is 5.04. The van der Waals surface area contributed by atoms with Gasteiger partial charge in [-0.15, -0.1) is 12.6 Å². The Labute approximate surface area is 43.6 Å². The predicted molar refractivity (Wildman–Crippen MR) is 31.5 cm³/mol. The van der Waals surface area contributed by atoms with Crippen molar-refractivity contribution in [2.24, 2.45) is 5.73 Å². The molecule has 36 valence electrons. The summed E-state index contributed by atoms with van der Waals surface area (Å²) in [4.78, 5) is 0.940. The summed E-state index contributed by atoms with van der Waals surface area (Å²) in [6.07, 6.45) is 2.43. The molecule has 0 spiro atoms. The number of hydrogen-bond donors (Lipinski definition) is 2. The molecule has 0 bridgehead atoms. The van der Waals surface area contributed by atoms with E-state index in [0.29, 0.717) is 0 Å². The van der Waals surface area contributed by atoms with Gasteiger partial charge in [0.15, 0.2) is 0 Å². The summed E-state index contributed by atoms with van der Waals surface area (Å²) in [5, 5.41) is 0. The van der Waals surface area contributed by atoms with Gasteiger partial charge in [-0.05, 0) is 11.3 Å². The van der Waals surface area contributed by atoms with Gasteiger partial charge in [0.2, 0.25) is 0 Å². The molecule has 0 radical (unpaired) electrons. The van der Waals surface area contributed by atoms with E-state index in [1.165, 1.54) is 6.20 Å². The Morgan fingerprint density at radius 1 is 2.00 bits per heavy atom. The second kappa shape index (κ2) is 3.09. The van der Waals surface area contributed by atoms with Crippen molar-refractivity contribution in [2.45, 2.75) is 13.3 Å². The summed E-state index contributed by atoms with van der Waals surface area (Å²) in [6.45, 7) is 2.01. The van der Waals surface area contributed by atoms with E-state index in [1.54, 1.807) is 0 Å². The molecular weight excluding hydrogens is 94.1 g/mol. The zero-order valence-electron chi connectivity index (χ0n) is 3.81. The average molecular weight is 103 g/mol. The Morgan fingerprint density at radius 2 is 2.50 bits per heavy atom. The lowest BCUT2D eigenvalue weighted by molar-refractivity contribution is 1.19. The second-order valence-electron chi connectivity index (χ2n) is 1.01. The Morgan fingerprint density at radius 3 is 2.50 bits per heavy atom.